The van der Waals surface area contributed by atoms with Crippen LogP contribution < -0.4 is 15.6 Å². The minimum Gasteiger partial charge on any atom is -0.451 e. The molecule has 1 amide bonds. The first-order valence-electron chi connectivity index (χ1n) is 8.77. The van der Waals surface area contributed by atoms with Crippen LogP contribution in [0.3, 0.4) is 0 Å². The molecule has 0 saturated carbocycles. The topological polar surface area (TPSA) is 82.4 Å². The highest BCUT2D eigenvalue weighted by molar-refractivity contribution is 6.37. The Balaban J connectivity index is 1.99. The number of fused-ring (bicyclic) bond motifs is 1. The van der Waals surface area contributed by atoms with E-state index in [9.17, 15) is 14.0 Å². The van der Waals surface area contributed by atoms with Gasteiger partial charge in [-0.3, -0.25) is 10.1 Å². The van der Waals surface area contributed by atoms with Gasteiger partial charge >= 0.3 is 6.09 Å². The normalized spacial score (nSPS) is 11.4. The third kappa shape index (κ3) is 4.49. The maximum absolute atomic E-state index is 14.4. The maximum Gasteiger partial charge on any atom is 0.412 e. The molecular formula is C20H18Cl2FN3O4. The standard InChI is InChI=1S/C20H18Cl2FN3O4/c1-20(2,3)30-19(28)25-12-6-5-10(23)17(15(12)21)29-13-8-7-11-14(16(13)22)18(27)26(4)9-24-11/h5-9H,1-4H3,(H,25,28). The molecule has 0 aliphatic rings. The molecule has 0 atom stereocenters. The lowest BCUT2D eigenvalue weighted by Crippen LogP contribution is -2.27. The van der Waals surface area contributed by atoms with Crippen molar-refractivity contribution >= 4 is 45.9 Å². The molecule has 0 bridgehead atoms. The molecule has 0 spiro atoms. The van der Waals surface area contributed by atoms with E-state index in [4.69, 9.17) is 32.7 Å². The number of rotatable bonds is 3. The first-order valence-corrected chi connectivity index (χ1v) is 9.53. The van der Waals surface area contributed by atoms with Crippen molar-refractivity contribution in [3.8, 4) is 11.5 Å². The Kier molecular flexibility index (Phi) is 5.92. The van der Waals surface area contributed by atoms with Gasteiger partial charge in [0, 0.05) is 7.05 Å². The summed E-state index contributed by atoms with van der Waals surface area (Å²) < 4.78 is 26.5. The quantitative estimate of drug-likeness (QED) is 0.564. The fourth-order valence-corrected chi connectivity index (χ4v) is 3.08. The summed E-state index contributed by atoms with van der Waals surface area (Å²) in [5.74, 6) is -1.15. The summed E-state index contributed by atoms with van der Waals surface area (Å²) >= 11 is 12.6. The van der Waals surface area contributed by atoms with Gasteiger partial charge in [-0.25, -0.2) is 14.2 Å². The average molecular weight is 454 g/mol. The van der Waals surface area contributed by atoms with Gasteiger partial charge in [0.15, 0.2) is 11.6 Å². The largest absolute Gasteiger partial charge is 0.451 e. The number of carbonyl (C=O) groups excluding carboxylic acids is 1. The van der Waals surface area contributed by atoms with Crippen molar-refractivity contribution in [1.29, 1.82) is 0 Å². The second kappa shape index (κ2) is 8.12. The molecule has 0 unspecified atom stereocenters. The molecule has 0 aliphatic heterocycles. The summed E-state index contributed by atoms with van der Waals surface area (Å²) in [5.41, 5.74) is -0.670. The van der Waals surface area contributed by atoms with E-state index in [0.717, 1.165) is 6.07 Å². The van der Waals surface area contributed by atoms with Crippen LogP contribution in [-0.2, 0) is 11.8 Å². The Labute approximate surface area is 181 Å². The van der Waals surface area contributed by atoms with Crippen molar-refractivity contribution < 1.29 is 18.7 Å². The third-order valence-corrected chi connectivity index (χ3v) is 4.64. The predicted octanol–water partition coefficient (Wildman–Crippen LogP) is 5.52. The number of nitrogens with zero attached hydrogens (tertiary/aromatic N) is 2. The Morgan fingerprint density at radius 2 is 1.87 bits per heavy atom. The van der Waals surface area contributed by atoms with Crippen LogP contribution in [0.1, 0.15) is 20.8 Å². The zero-order chi connectivity index (χ0) is 22.2. The van der Waals surface area contributed by atoms with Crippen molar-refractivity contribution in [3.63, 3.8) is 0 Å². The summed E-state index contributed by atoms with van der Waals surface area (Å²) in [6, 6.07) is 5.31. The molecule has 3 aromatic rings. The molecule has 0 saturated heterocycles. The zero-order valence-electron chi connectivity index (χ0n) is 16.5. The van der Waals surface area contributed by atoms with Crippen molar-refractivity contribution in [2.24, 2.45) is 7.05 Å². The van der Waals surface area contributed by atoms with Gasteiger partial charge in [-0.05, 0) is 45.0 Å². The lowest BCUT2D eigenvalue weighted by Gasteiger charge is -2.20. The first-order chi connectivity index (χ1) is 14.0. The molecule has 1 N–H and O–H groups in total. The molecule has 3 rings (SSSR count). The fourth-order valence-electron chi connectivity index (χ4n) is 2.56. The number of hydrogen-bond acceptors (Lipinski definition) is 5. The van der Waals surface area contributed by atoms with E-state index < -0.39 is 17.5 Å². The predicted molar refractivity (Wildman–Crippen MR) is 113 cm³/mol. The highest BCUT2D eigenvalue weighted by Crippen LogP contribution is 2.40. The van der Waals surface area contributed by atoms with Crippen molar-refractivity contribution in [1.82, 2.24) is 9.55 Å². The van der Waals surface area contributed by atoms with Gasteiger partial charge in [0.2, 0.25) is 0 Å². The van der Waals surface area contributed by atoms with E-state index in [0.29, 0.717) is 5.52 Å². The summed E-state index contributed by atoms with van der Waals surface area (Å²) in [7, 11) is 1.53. The highest BCUT2D eigenvalue weighted by Gasteiger charge is 2.21. The molecular weight excluding hydrogens is 436 g/mol. The summed E-state index contributed by atoms with van der Waals surface area (Å²) in [6.45, 7) is 5.11. The molecule has 7 nitrogen and oxygen atoms in total. The first kappa shape index (κ1) is 21.9. The lowest BCUT2D eigenvalue weighted by atomic mass is 10.2. The number of benzene rings is 2. The second-order valence-electron chi connectivity index (χ2n) is 7.40. The van der Waals surface area contributed by atoms with Gasteiger partial charge in [0.1, 0.15) is 16.4 Å². The molecule has 1 aromatic heterocycles. The number of halogens is 3. The Morgan fingerprint density at radius 3 is 2.53 bits per heavy atom. The fraction of sp³-hybridized carbons (Fsp3) is 0.250. The number of aryl methyl sites for hydroxylation is 1. The van der Waals surface area contributed by atoms with E-state index in [1.807, 2.05) is 0 Å². The van der Waals surface area contributed by atoms with Crippen molar-refractivity contribution in [2.75, 3.05) is 5.32 Å². The number of anilines is 1. The van der Waals surface area contributed by atoms with Gasteiger partial charge in [0.25, 0.3) is 5.56 Å². The minimum atomic E-state index is -0.787. The Hall–Kier alpha value is -2.84. The molecule has 0 fully saturated rings. The van der Waals surface area contributed by atoms with E-state index in [1.54, 1.807) is 20.8 Å². The SMILES string of the molecule is Cn1cnc2ccc(Oc3c(F)ccc(NC(=O)OC(C)(C)C)c3Cl)c(Cl)c2c1=O. The van der Waals surface area contributed by atoms with Crippen LogP contribution in [0.5, 0.6) is 11.5 Å². The minimum absolute atomic E-state index is 0.00415. The molecule has 0 radical (unpaired) electrons. The number of carbonyl (C=O) groups is 1. The van der Waals surface area contributed by atoms with Crippen LogP contribution in [0.4, 0.5) is 14.9 Å². The number of hydrogen-bond donors (Lipinski definition) is 1. The van der Waals surface area contributed by atoms with Crippen LogP contribution in [0, 0.1) is 5.82 Å². The number of amides is 1. The zero-order valence-corrected chi connectivity index (χ0v) is 18.1. The van der Waals surface area contributed by atoms with E-state index in [-0.39, 0.29) is 38.2 Å². The maximum atomic E-state index is 14.4. The smallest absolute Gasteiger partial charge is 0.412 e. The molecule has 30 heavy (non-hydrogen) atoms. The van der Waals surface area contributed by atoms with Crippen LogP contribution in [0.15, 0.2) is 35.4 Å². The van der Waals surface area contributed by atoms with E-state index in [2.05, 4.69) is 10.3 Å². The number of ether oxygens (including phenoxy) is 2. The molecule has 0 aliphatic carbocycles. The second-order valence-corrected chi connectivity index (χ2v) is 8.16. The molecule has 158 valence electrons. The van der Waals surface area contributed by atoms with Crippen LogP contribution in [0.25, 0.3) is 10.9 Å². The van der Waals surface area contributed by atoms with Gasteiger partial charge < -0.3 is 14.0 Å². The van der Waals surface area contributed by atoms with Crippen LogP contribution in [-0.4, -0.2) is 21.2 Å². The van der Waals surface area contributed by atoms with E-state index in [1.165, 1.54) is 36.1 Å². The molecule has 1 heterocycles. The van der Waals surface area contributed by atoms with Gasteiger partial charge in [-0.1, -0.05) is 23.2 Å². The monoisotopic (exact) mass is 453 g/mol. The molecule has 10 heteroatoms. The van der Waals surface area contributed by atoms with Gasteiger partial charge in [-0.2, -0.15) is 0 Å². The van der Waals surface area contributed by atoms with E-state index >= 15 is 0 Å². The highest BCUT2D eigenvalue weighted by atomic mass is 35.5. The number of aromatic nitrogens is 2. The van der Waals surface area contributed by atoms with Gasteiger partial charge in [0.05, 0.1) is 27.9 Å². The van der Waals surface area contributed by atoms with Crippen molar-refractivity contribution in [3.05, 3.63) is 56.8 Å². The van der Waals surface area contributed by atoms with Crippen LogP contribution in [0.2, 0.25) is 10.0 Å². The lowest BCUT2D eigenvalue weighted by molar-refractivity contribution is 0.0636. The summed E-state index contributed by atoms with van der Waals surface area (Å²) in [4.78, 5) is 28.5. The Bertz CT molecular complexity index is 1210. The van der Waals surface area contributed by atoms with Gasteiger partial charge in [-0.15, -0.1) is 0 Å². The van der Waals surface area contributed by atoms with Crippen molar-refractivity contribution in [2.45, 2.75) is 26.4 Å². The molecule has 2 aromatic carbocycles. The third-order valence-electron chi connectivity index (χ3n) is 3.89. The average Bonchev–Trinajstić information content (AvgIpc) is 2.64. The van der Waals surface area contributed by atoms with Crippen LogP contribution >= 0.6 is 23.2 Å². The Morgan fingerprint density at radius 1 is 1.17 bits per heavy atom. The number of nitrogens with one attached hydrogen (secondary N) is 1. The summed E-state index contributed by atoms with van der Waals surface area (Å²) in [6.07, 6.45) is 0.601. The summed E-state index contributed by atoms with van der Waals surface area (Å²) in [5, 5.41) is 2.33.